The molecule has 0 N–H and O–H groups in total. The van der Waals surface area contributed by atoms with Crippen molar-refractivity contribution in [2.45, 2.75) is 19.8 Å². The molecule has 0 aromatic heterocycles. The van der Waals surface area contributed by atoms with Gasteiger partial charge in [-0.25, -0.2) is 0 Å². The van der Waals surface area contributed by atoms with Gasteiger partial charge in [-0.05, 0) is 60.8 Å². The molecule has 1 aromatic carbocycles. The third kappa shape index (κ3) is 2.16. The number of hydrazone groups is 1. The number of hydrogen-bond donors (Lipinski definition) is 0. The minimum Gasteiger partial charge on any atom is -0.493 e. The first-order valence-electron chi connectivity index (χ1n) is 9.51. The van der Waals surface area contributed by atoms with Gasteiger partial charge in [-0.2, -0.15) is 10.1 Å². The Hall–Kier alpha value is -2.63. The zero-order valence-corrected chi connectivity index (χ0v) is 15.4. The number of rotatable bonds is 5. The fourth-order valence-electron chi connectivity index (χ4n) is 5.34. The molecule has 5 rings (SSSR count). The first kappa shape index (κ1) is 16.5. The van der Waals surface area contributed by atoms with Gasteiger partial charge in [0.25, 0.3) is 11.8 Å². The van der Waals surface area contributed by atoms with Gasteiger partial charge < -0.3 is 9.47 Å². The van der Waals surface area contributed by atoms with Crippen molar-refractivity contribution in [1.29, 1.82) is 0 Å². The second kappa shape index (κ2) is 5.68. The van der Waals surface area contributed by atoms with E-state index in [1.807, 2.05) is 13.0 Å². The summed E-state index contributed by atoms with van der Waals surface area (Å²) in [7, 11) is 1.58. The van der Waals surface area contributed by atoms with Crippen molar-refractivity contribution in [3.8, 4) is 11.5 Å². The van der Waals surface area contributed by atoms with E-state index in [-0.39, 0.29) is 40.9 Å². The van der Waals surface area contributed by atoms with Gasteiger partial charge >= 0.3 is 0 Å². The van der Waals surface area contributed by atoms with Crippen LogP contribution in [0.25, 0.3) is 0 Å². The van der Waals surface area contributed by atoms with Crippen LogP contribution < -0.4 is 9.47 Å². The lowest BCUT2D eigenvalue weighted by Crippen LogP contribution is -2.30. The summed E-state index contributed by atoms with van der Waals surface area (Å²) in [6.07, 6.45) is 8.14. The molecule has 2 amide bonds. The Labute approximate surface area is 157 Å². The van der Waals surface area contributed by atoms with Crippen molar-refractivity contribution < 1.29 is 19.1 Å². The fraction of sp³-hybridized carbons (Fsp3) is 0.476. The molecule has 6 heteroatoms. The van der Waals surface area contributed by atoms with E-state index in [0.717, 1.165) is 23.4 Å². The fourth-order valence-corrected chi connectivity index (χ4v) is 5.34. The molecule has 1 saturated heterocycles. The molecule has 4 atom stereocenters. The average molecular weight is 366 g/mol. The van der Waals surface area contributed by atoms with Crippen molar-refractivity contribution in [1.82, 2.24) is 5.01 Å². The molecule has 0 radical (unpaired) electrons. The van der Waals surface area contributed by atoms with Crippen molar-refractivity contribution >= 4 is 18.0 Å². The largest absolute Gasteiger partial charge is 0.493 e. The summed E-state index contributed by atoms with van der Waals surface area (Å²) in [6, 6.07) is 5.40. The van der Waals surface area contributed by atoms with Crippen LogP contribution in [-0.2, 0) is 9.59 Å². The van der Waals surface area contributed by atoms with E-state index >= 15 is 0 Å². The molecule has 1 heterocycles. The van der Waals surface area contributed by atoms with Crippen LogP contribution in [-0.4, -0.2) is 36.8 Å². The number of imide groups is 1. The number of carbonyl (C=O) groups excluding carboxylic acids is 2. The highest BCUT2D eigenvalue weighted by molar-refractivity contribution is 6.07. The van der Waals surface area contributed by atoms with Crippen molar-refractivity contribution in [2.24, 2.45) is 34.2 Å². The molecule has 3 fully saturated rings. The third-order valence-electron chi connectivity index (χ3n) is 6.64. The van der Waals surface area contributed by atoms with Crippen LogP contribution in [0.15, 0.2) is 35.5 Å². The third-order valence-corrected chi connectivity index (χ3v) is 6.64. The highest BCUT2D eigenvalue weighted by Crippen LogP contribution is 2.73. The molecule has 6 nitrogen and oxygen atoms in total. The second-order valence-electron chi connectivity index (χ2n) is 7.80. The van der Waals surface area contributed by atoms with Gasteiger partial charge in [-0.1, -0.05) is 12.2 Å². The monoisotopic (exact) mass is 366 g/mol. The van der Waals surface area contributed by atoms with Crippen LogP contribution in [0.5, 0.6) is 11.5 Å². The number of ether oxygens (including phenoxy) is 2. The molecule has 2 saturated carbocycles. The maximum atomic E-state index is 12.9. The minimum atomic E-state index is -0.220. The summed E-state index contributed by atoms with van der Waals surface area (Å²) in [4.78, 5) is 25.8. The second-order valence-corrected chi connectivity index (χ2v) is 7.80. The van der Waals surface area contributed by atoms with E-state index in [4.69, 9.17) is 9.47 Å². The number of nitrogens with zero attached hydrogens (tertiary/aromatic N) is 2. The van der Waals surface area contributed by atoms with Gasteiger partial charge in [0.05, 0.1) is 31.8 Å². The van der Waals surface area contributed by atoms with E-state index < -0.39 is 0 Å². The first-order chi connectivity index (χ1) is 13.1. The Kier molecular flexibility index (Phi) is 3.48. The van der Waals surface area contributed by atoms with Gasteiger partial charge in [0.2, 0.25) is 0 Å². The predicted octanol–water partition coefficient (Wildman–Crippen LogP) is 2.63. The quantitative estimate of drug-likeness (QED) is 0.456. The molecule has 1 aliphatic heterocycles. The van der Waals surface area contributed by atoms with Crippen LogP contribution in [0.3, 0.4) is 0 Å². The van der Waals surface area contributed by atoms with Crippen LogP contribution in [0.1, 0.15) is 25.3 Å². The molecule has 140 valence electrons. The number of methoxy groups -OCH3 is 1. The summed E-state index contributed by atoms with van der Waals surface area (Å²) in [5.41, 5.74) is 0.954. The summed E-state index contributed by atoms with van der Waals surface area (Å²) in [5.74, 6) is 0.936. The van der Waals surface area contributed by atoms with Gasteiger partial charge in [0, 0.05) is 0 Å². The highest BCUT2D eigenvalue weighted by Gasteiger charge is 2.73. The van der Waals surface area contributed by atoms with Crippen molar-refractivity contribution in [2.75, 3.05) is 13.7 Å². The molecule has 1 spiro atoms. The molecule has 3 aliphatic carbocycles. The standard InChI is InChI=1S/C21H22N2O4/c1-3-27-16-10-12(4-7-15(16)26-2)11-22-23-19(24)17-13-5-6-14(18(17)20(23)25)21(13)8-9-21/h4-7,10-11,13-14,17-18H,3,8-9H2,1-2H3/b22-11-/t13-,14-,17-,18+/m1/s1. The van der Waals surface area contributed by atoms with E-state index in [1.54, 1.807) is 25.5 Å². The molecular weight excluding hydrogens is 344 g/mol. The van der Waals surface area contributed by atoms with Crippen LogP contribution in [0, 0.1) is 29.1 Å². The summed E-state index contributed by atoms with van der Waals surface area (Å²) < 4.78 is 10.8. The molecule has 0 unspecified atom stereocenters. The van der Waals surface area contributed by atoms with Gasteiger partial charge in [0.1, 0.15) is 0 Å². The minimum absolute atomic E-state index is 0.150. The van der Waals surface area contributed by atoms with Crippen LogP contribution in [0.4, 0.5) is 0 Å². The zero-order valence-electron chi connectivity index (χ0n) is 15.4. The van der Waals surface area contributed by atoms with Crippen LogP contribution in [0.2, 0.25) is 0 Å². The van der Waals surface area contributed by atoms with Crippen molar-refractivity contribution in [3.63, 3.8) is 0 Å². The number of benzene rings is 1. The maximum Gasteiger partial charge on any atom is 0.254 e. The normalized spacial score (nSPS) is 32.0. The topological polar surface area (TPSA) is 68.2 Å². The maximum absolute atomic E-state index is 12.9. The van der Waals surface area contributed by atoms with Gasteiger partial charge in [-0.15, -0.1) is 0 Å². The number of amides is 2. The molecule has 1 aromatic rings. The highest BCUT2D eigenvalue weighted by atomic mass is 16.5. The van der Waals surface area contributed by atoms with Crippen molar-refractivity contribution in [3.05, 3.63) is 35.9 Å². The molecule has 27 heavy (non-hydrogen) atoms. The van der Waals surface area contributed by atoms with Gasteiger partial charge in [0.15, 0.2) is 11.5 Å². The number of carbonyl (C=O) groups is 2. The lowest BCUT2D eigenvalue weighted by Gasteiger charge is -2.18. The Balaban J connectivity index is 1.39. The summed E-state index contributed by atoms with van der Waals surface area (Å²) >= 11 is 0. The summed E-state index contributed by atoms with van der Waals surface area (Å²) in [5, 5.41) is 5.33. The lowest BCUT2D eigenvalue weighted by molar-refractivity contribution is -0.141. The zero-order chi connectivity index (χ0) is 18.8. The Morgan fingerprint density at radius 1 is 1.15 bits per heavy atom. The summed E-state index contributed by atoms with van der Waals surface area (Å²) in [6.45, 7) is 2.41. The van der Waals surface area contributed by atoms with E-state index in [2.05, 4.69) is 17.3 Å². The Morgan fingerprint density at radius 2 is 1.81 bits per heavy atom. The SMILES string of the molecule is CCOc1cc(/C=N\N2C(=O)[C@@H]3[C@H](C2=O)[C@H]2C=C[C@H]3C23CC3)ccc1OC. The van der Waals surface area contributed by atoms with Gasteiger partial charge in [-0.3, -0.25) is 9.59 Å². The Bertz CT molecular complexity index is 852. The molecule has 2 bridgehead atoms. The first-order valence-corrected chi connectivity index (χ1v) is 9.51. The number of allylic oxidation sites excluding steroid dienone is 2. The van der Waals surface area contributed by atoms with E-state index in [9.17, 15) is 9.59 Å². The van der Waals surface area contributed by atoms with Crippen LogP contribution >= 0.6 is 0 Å². The van der Waals surface area contributed by atoms with E-state index in [1.165, 1.54) is 0 Å². The van der Waals surface area contributed by atoms with E-state index in [0.29, 0.717) is 18.1 Å². The average Bonchev–Trinajstić information content (AvgIpc) is 3.27. The number of hydrogen-bond acceptors (Lipinski definition) is 5. The predicted molar refractivity (Wildman–Crippen MR) is 98.4 cm³/mol. The molecular formula is C21H22N2O4. The Morgan fingerprint density at radius 3 is 2.37 bits per heavy atom. The smallest absolute Gasteiger partial charge is 0.254 e. The number of fused-ring (bicyclic) bond motifs is 3. The lowest BCUT2D eigenvalue weighted by atomic mass is 9.85. The molecule has 4 aliphatic rings.